The van der Waals surface area contributed by atoms with Crippen LogP contribution in [0.4, 0.5) is 5.95 Å². The van der Waals surface area contributed by atoms with Gasteiger partial charge in [0.05, 0.1) is 51.7 Å². The number of methoxy groups -OCH3 is 4. The van der Waals surface area contributed by atoms with E-state index in [1.165, 1.54) is 5.56 Å². The lowest BCUT2D eigenvalue weighted by atomic mass is 9.76. The molecule has 3 aromatic carbocycles. The Balaban J connectivity index is 1.07. The first-order chi connectivity index (χ1) is 25.4. The van der Waals surface area contributed by atoms with Crippen molar-refractivity contribution < 1.29 is 23.7 Å². The number of pyridine rings is 1. The topological polar surface area (TPSA) is 105 Å². The monoisotopic (exact) mass is 704 g/mol. The predicted octanol–water partition coefficient (Wildman–Crippen LogP) is 6.34. The second-order valence-corrected chi connectivity index (χ2v) is 13.7. The van der Waals surface area contributed by atoms with E-state index in [1.807, 2.05) is 47.5 Å². The first-order valence-electron chi connectivity index (χ1n) is 18.0. The minimum absolute atomic E-state index is 0.0472. The molecule has 2 aliphatic heterocycles. The van der Waals surface area contributed by atoms with Crippen molar-refractivity contribution in [3.8, 4) is 23.0 Å². The Bertz CT molecular complexity index is 1900. The van der Waals surface area contributed by atoms with Crippen LogP contribution < -0.4 is 23.8 Å². The summed E-state index contributed by atoms with van der Waals surface area (Å²) in [6, 6.07) is 26.5. The van der Waals surface area contributed by atoms with Crippen molar-refractivity contribution >= 4 is 22.9 Å². The van der Waals surface area contributed by atoms with Gasteiger partial charge in [0.25, 0.3) is 5.91 Å². The van der Waals surface area contributed by atoms with E-state index in [1.54, 1.807) is 40.6 Å². The number of H-pyrrole nitrogens is 1. The molecule has 2 fully saturated rings. The zero-order chi connectivity index (χ0) is 36.1. The highest BCUT2D eigenvalue weighted by atomic mass is 16.5. The fourth-order valence-electron chi connectivity index (χ4n) is 7.91. The van der Waals surface area contributed by atoms with Crippen LogP contribution in [0.5, 0.6) is 23.0 Å². The number of piperidine rings is 1. The SMILES string of the molecule is COc1ccc(C2(CCN3CCC(N(Cc4ccccn4)c4nc5ccccc5[nH]4)CC3)CCN(C(=O)c3cc(OC)c(OC)c(OC)c3)C2)cc1. The number of benzene rings is 3. The number of imidazole rings is 1. The highest BCUT2D eigenvalue weighted by molar-refractivity contribution is 5.96. The Morgan fingerprint density at radius 3 is 2.27 bits per heavy atom. The molecule has 0 aliphatic carbocycles. The number of aromatic amines is 1. The highest BCUT2D eigenvalue weighted by Gasteiger charge is 2.42. The van der Waals surface area contributed by atoms with Crippen LogP contribution >= 0.6 is 0 Å². The van der Waals surface area contributed by atoms with E-state index in [2.05, 4.69) is 50.1 Å². The number of rotatable bonds is 13. The highest BCUT2D eigenvalue weighted by Crippen LogP contribution is 2.42. The summed E-state index contributed by atoms with van der Waals surface area (Å²) in [7, 11) is 6.38. The van der Waals surface area contributed by atoms with Crippen LogP contribution in [0.25, 0.3) is 11.0 Å². The van der Waals surface area contributed by atoms with Crippen LogP contribution in [0.1, 0.15) is 47.3 Å². The number of anilines is 1. The molecule has 4 heterocycles. The van der Waals surface area contributed by atoms with Crippen LogP contribution in [-0.4, -0.2) is 97.9 Å². The number of fused-ring (bicyclic) bond motifs is 1. The van der Waals surface area contributed by atoms with E-state index < -0.39 is 0 Å². The zero-order valence-corrected chi connectivity index (χ0v) is 30.5. The molecule has 11 heteroatoms. The maximum atomic E-state index is 14.0. The van der Waals surface area contributed by atoms with Crippen molar-refractivity contribution in [2.45, 2.75) is 43.7 Å². The molecule has 2 aromatic heterocycles. The van der Waals surface area contributed by atoms with E-state index in [-0.39, 0.29) is 11.3 Å². The van der Waals surface area contributed by atoms with Crippen molar-refractivity contribution in [1.29, 1.82) is 0 Å². The molecule has 5 aromatic rings. The molecule has 1 amide bonds. The molecule has 2 aliphatic rings. The molecular formula is C41H48N6O5. The van der Waals surface area contributed by atoms with Gasteiger partial charge in [0.1, 0.15) is 5.75 Å². The number of amides is 1. The van der Waals surface area contributed by atoms with Gasteiger partial charge in [-0.05, 0) is 86.3 Å². The Kier molecular flexibility index (Phi) is 10.5. The van der Waals surface area contributed by atoms with Crippen LogP contribution in [0.15, 0.2) is 85.1 Å². The average molecular weight is 705 g/mol. The minimum Gasteiger partial charge on any atom is -0.497 e. The Hall–Kier alpha value is -5.29. The van der Waals surface area contributed by atoms with E-state index in [9.17, 15) is 4.79 Å². The summed E-state index contributed by atoms with van der Waals surface area (Å²) in [5, 5.41) is 0. The van der Waals surface area contributed by atoms with Gasteiger partial charge in [-0.3, -0.25) is 9.78 Å². The summed E-state index contributed by atoms with van der Waals surface area (Å²) in [4.78, 5) is 34.2. The van der Waals surface area contributed by atoms with E-state index in [0.717, 1.165) is 73.7 Å². The molecular weight excluding hydrogens is 656 g/mol. The normalized spacial score (nSPS) is 18.0. The van der Waals surface area contributed by atoms with Crippen LogP contribution in [0, 0.1) is 0 Å². The number of hydrogen-bond acceptors (Lipinski definition) is 9. The van der Waals surface area contributed by atoms with Crippen molar-refractivity contribution in [3.05, 3.63) is 102 Å². The van der Waals surface area contributed by atoms with Gasteiger partial charge in [0.15, 0.2) is 11.5 Å². The molecule has 52 heavy (non-hydrogen) atoms. The molecule has 11 nitrogen and oxygen atoms in total. The maximum absolute atomic E-state index is 14.0. The summed E-state index contributed by atoms with van der Waals surface area (Å²) in [6.45, 7) is 4.88. The van der Waals surface area contributed by atoms with Crippen molar-refractivity contribution in [2.24, 2.45) is 0 Å². The number of ether oxygens (including phenoxy) is 4. The van der Waals surface area contributed by atoms with Crippen LogP contribution in [0.3, 0.4) is 0 Å². The van der Waals surface area contributed by atoms with Gasteiger partial charge in [0, 0.05) is 49.4 Å². The lowest BCUT2D eigenvalue weighted by molar-refractivity contribution is 0.0779. The summed E-state index contributed by atoms with van der Waals surface area (Å²) >= 11 is 0. The van der Waals surface area contributed by atoms with E-state index in [4.69, 9.17) is 23.9 Å². The Morgan fingerprint density at radius 1 is 0.885 bits per heavy atom. The smallest absolute Gasteiger partial charge is 0.254 e. The summed E-state index contributed by atoms with van der Waals surface area (Å²) in [6.07, 6.45) is 5.70. The molecule has 272 valence electrons. The first kappa shape index (κ1) is 35.1. The average Bonchev–Trinajstić information content (AvgIpc) is 3.85. The largest absolute Gasteiger partial charge is 0.497 e. The Labute approximate surface area is 305 Å². The number of likely N-dealkylation sites (tertiary alicyclic amines) is 2. The van der Waals surface area contributed by atoms with E-state index in [0.29, 0.717) is 48.5 Å². The maximum Gasteiger partial charge on any atom is 0.254 e. The molecule has 0 bridgehead atoms. The van der Waals surface area contributed by atoms with E-state index >= 15 is 0 Å². The summed E-state index contributed by atoms with van der Waals surface area (Å²) in [5.74, 6) is 3.07. The van der Waals surface area contributed by atoms with Crippen molar-refractivity contribution in [3.63, 3.8) is 0 Å². The molecule has 2 saturated heterocycles. The van der Waals surface area contributed by atoms with Gasteiger partial charge in [-0.25, -0.2) is 4.98 Å². The zero-order valence-electron chi connectivity index (χ0n) is 30.5. The lowest BCUT2D eigenvalue weighted by Crippen LogP contribution is -2.46. The van der Waals surface area contributed by atoms with Gasteiger partial charge >= 0.3 is 0 Å². The first-order valence-corrected chi connectivity index (χ1v) is 18.0. The number of para-hydroxylation sites is 2. The van der Waals surface area contributed by atoms with Gasteiger partial charge in [0.2, 0.25) is 11.7 Å². The third-order valence-corrected chi connectivity index (χ3v) is 10.9. The Morgan fingerprint density at radius 2 is 1.62 bits per heavy atom. The lowest BCUT2D eigenvalue weighted by Gasteiger charge is -2.40. The second kappa shape index (κ2) is 15.5. The number of carbonyl (C=O) groups is 1. The third kappa shape index (κ3) is 7.23. The number of aromatic nitrogens is 3. The molecule has 1 unspecified atom stereocenters. The number of hydrogen-bond donors (Lipinski definition) is 1. The van der Waals surface area contributed by atoms with Gasteiger partial charge in [-0.1, -0.05) is 30.3 Å². The van der Waals surface area contributed by atoms with Crippen molar-refractivity contribution in [1.82, 2.24) is 24.8 Å². The number of carbonyl (C=O) groups excluding carboxylic acids is 1. The minimum atomic E-state index is -0.196. The molecule has 0 spiro atoms. The van der Waals surface area contributed by atoms with Gasteiger partial charge in [-0.15, -0.1) is 0 Å². The number of nitrogens with one attached hydrogen (secondary N) is 1. The fourth-order valence-corrected chi connectivity index (χ4v) is 7.91. The summed E-state index contributed by atoms with van der Waals surface area (Å²) < 4.78 is 22.1. The molecule has 7 rings (SSSR count). The molecule has 1 atom stereocenters. The number of nitrogens with zero attached hydrogens (tertiary/aromatic N) is 5. The standard InChI is InChI=1S/C41H48N6O5/c1-49-33-14-12-30(13-15-33)41(19-24-46(28-41)39(48)29-25-36(50-2)38(52-4)37(26-29)51-3)18-23-45-21-16-32(17-22-45)47(27-31-9-7-8-20-42-31)40-43-34-10-5-6-11-35(34)44-40/h5-15,20,25-26,32H,16-19,21-24,27-28H2,1-4H3,(H,43,44). The molecule has 0 saturated carbocycles. The summed E-state index contributed by atoms with van der Waals surface area (Å²) in [5.41, 5.74) is 4.59. The quantitative estimate of drug-likeness (QED) is 0.150. The van der Waals surface area contributed by atoms with Gasteiger partial charge in [-0.2, -0.15) is 0 Å². The molecule has 1 N–H and O–H groups in total. The van der Waals surface area contributed by atoms with Crippen LogP contribution in [0.2, 0.25) is 0 Å². The van der Waals surface area contributed by atoms with Crippen LogP contribution in [-0.2, 0) is 12.0 Å². The van der Waals surface area contributed by atoms with Gasteiger partial charge < -0.3 is 38.6 Å². The van der Waals surface area contributed by atoms with Crippen molar-refractivity contribution in [2.75, 3.05) is 66.1 Å². The molecule has 0 radical (unpaired) electrons. The third-order valence-electron chi connectivity index (χ3n) is 10.9. The second-order valence-electron chi connectivity index (χ2n) is 13.7. The fraction of sp³-hybridized carbons (Fsp3) is 0.390. The predicted molar refractivity (Wildman–Crippen MR) is 202 cm³/mol.